The lowest BCUT2D eigenvalue weighted by Crippen LogP contribution is -2.26. The van der Waals surface area contributed by atoms with Crippen LogP contribution in [-0.4, -0.2) is 24.7 Å². The van der Waals surface area contributed by atoms with Crippen molar-refractivity contribution >= 4 is 10.0 Å². The van der Waals surface area contributed by atoms with Crippen molar-refractivity contribution in [1.29, 1.82) is 0 Å². The first kappa shape index (κ1) is 19.1. The number of hydrogen-bond donors (Lipinski definition) is 1. The fourth-order valence-electron chi connectivity index (χ4n) is 2.45. The molecule has 0 unspecified atom stereocenters. The van der Waals surface area contributed by atoms with Crippen molar-refractivity contribution in [2.75, 3.05) is 6.54 Å². The van der Waals surface area contributed by atoms with Crippen LogP contribution in [0.4, 0.5) is 13.2 Å². The molecule has 3 aromatic rings. The largest absolute Gasteiger partial charge is 0.416 e. The maximum Gasteiger partial charge on any atom is 0.416 e. The summed E-state index contributed by atoms with van der Waals surface area (Å²) in [6.45, 7) is 0.101. The van der Waals surface area contributed by atoms with Gasteiger partial charge in [-0.15, -0.1) is 0 Å². The van der Waals surface area contributed by atoms with Crippen LogP contribution in [0.5, 0.6) is 0 Å². The van der Waals surface area contributed by atoms with Crippen molar-refractivity contribution in [1.82, 2.24) is 14.5 Å². The topological polar surface area (TPSA) is 64.0 Å². The molecule has 2 aromatic carbocycles. The lowest BCUT2D eigenvalue weighted by molar-refractivity contribution is -0.137. The third-order valence-electron chi connectivity index (χ3n) is 3.85. The normalized spacial score (nSPS) is 12.3. The fourth-order valence-corrected chi connectivity index (χ4v) is 3.48. The molecule has 0 spiro atoms. The molecule has 27 heavy (non-hydrogen) atoms. The second-order valence-electron chi connectivity index (χ2n) is 5.80. The van der Waals surface area contributed by atoms with Gasteiger partial charge in [-0.05, 0) is 48.4 Å². The molecule has 0 aliphatic heterocycles. The lowest BCUT2D eigenvalue weighted by Gasteiger charge is -2.09. The Balaban J connectivity index is 1.60. The van der Waals surface area contributed by atoms with Crippen molar-refractivity contribution in [3.8, 4) is 5.69 Å². The minimum absolute atomic E-state index is 0.101. The van der Waals surface area contributed by atoms with Gasteiger partial charge < -0.3 is 0 Å². The van der Waals surface area contributed by atoms with E-state index in [1.165, 1.54) is 0 Å². The molecule has 0 saturated carbocycles. The van der Waals surface area contributed by atoms with Gasteiger partial charge in [-0.2, -0.15) is 18.3 Å². The summed E-state index contributed by atoms with van der Waals surface area (Å²) in [4.78, 5) is -0.213. The number of benzene rings is 2. The molecule has 142 valence electrons. The first-order chi connectivity index (χ1) is 12.8. The number of nitrogens with zero attached hydrogens (tertiary/aromatic N) is 2. The zero-order valence-corrected chi connectivity index (χ0v) is 14.8. The summed E-state index contributed by atoms with van der Waals surface area (Å²) in [6.07, 6.45) is -0.678. The van der Waals surface area contributed by atoms with E-state index in [0.29, 0.717) is 6.42 Å². The van der Waals surface area contributed by atoms with Gasteiger partial charge in [0.2, 0.25) is 10.0 Å². The van der Waals surface area contributed by atoms with Crippen LogP contribution >= 0.6 is 0 Å². The molecule has 1 heterocycles. The van der Waals surface area contributed by atoms with Crippen LogP contribution in [0.25, 0.3) is 5.69 Å². The third kappa shape index (κ3) is 4.75. The highest BCUT2D eigenvalue weighted by Gasteiger charge is 2.30. The lowest BCUT2D eigenvalue weighted by atomic mass is 10.2. The Morgan fingerprint density at radius 3 is 2.30 bits per heavy atom. The van der Waals surface area contributed by atoms with E-state index < -0.39 is 21.8 Å². The molecular weight excluding hydrogens is 379 g/mol. The van der Waals surface area contributed by atoms with E-state index in [1.807, 2.05) is 30.3 Å². The molecule has 0 radical (unpaired) electrons. The van der Waals surface area contributed by atoms with Crippen LogP contribution in [0.15, 0.2) is 71.9 Å². The second-order valence-corrected chi connectivity index (χ2v) is 7.57. The highest BCUT2D eigenvalue weighted by Crippen LogP contribution is 2.29. The van der Waals surface area contributed by atoms with Crippen LogP contribution < -0.4 is 4.72 Å². The van der Waals surface area contributed by atoms with Gasteiger partial charge in [0, 0.05) is 12.7 Å². The maximum atomic E-state index is 12.6. The average molecular weight is 395 g/mol. The minimum Gasteiger partial charge on any atom is -0.241 e. The van der Waals surface area contributed by atoms with Gasteiger partial charge in [0.05, 0.1) is 22.3 Å². The molecule has 1 aromatic heterocycles. The number of alkyl halides is 3. The molecule has 0 bridgehead atoms. The van der Waals surface area contributed by atoms with Gasteiger partial charge in [-0.25, -0.2) is 17.8 Å². The Hall–Kier alpha value is -2.65. The van der Waals surface area contributed by atoms with E-state index in [-0.39, 0.29) is 11.4 Å². The van der Waals surface area contributed by atoms with Crippen LogP contribution in [0.3, 0.4) is 0 Å². The predicted octanol–water partition coefficient (Wildman–Crippen LogP) is 3.41. The Morgan fingerprint density at radius 2 is 1.67 bits per heavy atom. The van der Waals surface area contributed by atoms with Crippen molar-refractivity contribution in [3.63, 3.8) is 0 Å². The summed E-state index contributed by atoms with van der Waals surface area (Å²) < 4.78 is 66.1. The Labute approximate surface area is 154 Å². The minimum atomic E-state index is -4.51. The van der Waals surface area contributed by atoms with E-state index >= 15 is 0 Å². The van der Waals surface area contributed by atoms with Crippen molar-refractivity contribution in [2.24, 2.45) is 0 Å². The van der Waals surface area contributed by atoms with Gasteiger partial charge in [0.25, 0.3) is 0 Å². The zero-order chi connectivity index (χ0) is 19.5. The summed E-state index contributed by atoms with van der Waals surface area (Å²) in [7, 11) is -3.88. The van der Waals surface area contributed by atoms with E-state index in [2.05, 4.69) is 9.82 Å². The van der Waals surface area contributed by atoms with Gasteiger partial charge in [-0.3, -0.25) is 0 Å². The SMILES string of the molecule is O=S(=O)(NCCc1cnn(-c2ccccc2)c1)c1ccc(C(F)(F)F)cc1. The van der Waals surface area contributed by atoms with Gasteiger partial charge in [-0.1, -0.05) is 18.2 Å². The summed E-state index contributed by atoms with van der Waals surface area (Å²) in [6, 6.07) is 12.8. The zero-order valence-electron chi connectivity index (χ0n) is 14.0. The third-order valence-corrected chi connectivity index (χ3v) is 5.33. The van der Waals surface area contributed by atoms with E-state index in [1.54, 1.807) is 17.1 Å². The number of aromatic nitrogens is 2. The molecule has 0 atom stereocenters. The van der Waals surface area contributed by atoms with Crippen molar-refractivity contribution in [2.45, 2.75) is 17.5 Å². The highest BCUT2D eigenvalue weighted by atomic mass is 32.2. The van der Waals surface area contributed by atoms with E-state index in [9.17, 15) is 21.6 Å². The maximum absolute atomic E-state index is 12.6. The molecule has 0 amide bonds. The number of hydrogen-bond acceptors (Lipinski definition) is 3. The molecule has 3 rings (SSSR count). The predicted molar refractivity (Wildman–Crippen MR) is 93.9 cm³/mol. The molecular formula is C18H16F3N3O2S. The van der Waals surface area contributed by atoms with Gasteiger partial charge in [0.15, 0.2) is 0 Å². The van der Waals surface area contributed by atoms with E-state index in [4.69, 9.17) is 0 Å². The quantitative estimate of drug-likeness (QED) is 0.696. The van der Waals surface area contributed by atoms with Crippen LogP contribution in [0.1, 0.15) is 11.1 Å². The Bertz CT molecular complexity index is 998. The number of rotatable bonds is 6. The van der Waals surface area contributed by atoms with Crippen molar-refractivity contribution < 1.29 is 21.6 Å². The Morgan fingerprint density at radius 1 is 1.00 bits per heavy atom. The number of sulfonamides is 1. The molecule has 0 saturated heterocycles. The summed E-state index contributed by atoms with van der Waals surface area (Å²) in [5.41, 5.74) is 0.817. The number of para-hydroxylation sites is 1. The molecule has 0 aliphatic rings. The van der Waals surface area contributed by atoms with E-state index in [0.717, 1.165) is 35.5 Å². The summed E-state index contributed by atoms with van der Waals surface area (Å²) in [5.74, 6) is 0. The second kappa shape index (κ2) is 7.53. The number of halogens is 3. The fraction of sp³-hybridized carbons (Fsp3) is 0.167. The smallest absolute Gasteiger partial charge is 0.241 e. The molecule has 5 nitrogen and oxygen atoms in total. The first-order valence-corrected chi connectivity index (χ1v) is 9.50. The van der Waals surface area contributed by atoms with Gasteiger partial charge >= 0.3 is 6.18 Å². The van der Waals surface area contributed by atoms with Crippen LogP contribution in [0, 0.1) is 0 Å². The van der Waals surface area contributed by atoms with Crippen molar-refractivity contribution in [3.05, 3.63) is 78.1 Å². The standard InChI is InChI=1S/C18H16F3N3O2S/c19-18(20,21)15-6-8-17(9-7-15)27(25,26)23-11-10-14-12-22-24(13-14)16-4-2-1-3-5-16/h1-9,12-13,23H,10-11H2. The molecule has 0 aliphatic carbocycles. The highest BCUT2D eigenvalue weighted by molar-refractivity contribution is 7.89. The molecule has 0 fully saturated rings. The average Bonchev–Trinajstić information content (AvgIpc) is 3.11. The van der Waals surface area contributed by atoms with Crippen LogP contribution in [0.2, 0.25) is 0 Å². The first-order valence-electron chi connectivity index (χ1n) is 8.02. The molecule has 1 N–H and O–H groups in total. The molecule has 9 heteroatoms. The summed E-state index contributed by atoms with van der Waals surface area (Å²) in [5, 5.41) is 4.23. The number of nitrogens with one attached hydrogen (secondary N) is 1. The van der Waals surface area contributed by atoms with Crippen LogP contribution in [-0.2, 0) is 22.6 Å². The monoisotopic (exact) mass is 395 g/mol. The Kier molecular flexibility index (Phi) is 5.33. The van der Waals surface area contributed by atoms with Gasteiger partial charge in [0.1, 0.15) is 0 Å². The summed E-state index contributed by atoms with van der Waals surface area (Å²) >= 11 is 0.